The smallest absolute Gasteiger partial charge is 0.416 e. The van der Waals surface area contributed by atoms with Crippen LogP contribution in [-0.4, -0.2) is 24.0 Å². The van der Waals surface area contributed by atoms with Gasteiger partial charge in [0.2, 0.25) is 0 Å². The Kier molecular flexibility index (Phi) is 5.96. The molecule has 0 aliphatic carbocycles. The van der Waals surface area contributed by atoms with Crippen molar-refractivity contribution in [1.29, 1.82) is 0 Å². The molecule has 5 nitrogen and oxygen atoms in total. The Bertz CT molecular complexity index is 1070. The summed E-state index contributed by atoms with van der Waals surface area (Å²) < 4.78 is 48.1. The maximum atomic E-state index is 12.6. The van der Waals surface area contributed by atoms with Crippen molar-refractivity contribution in [3.63, 3.8) is 0 Å². The second-order valence-electron chi connectivity index (χ2n) is 6.49. The number of rotatable bonds is 6. The van der Waals surface area contributed by atoms with Gasteiger partial charge in [-0.05, 0) is 42.5 Å². The topological polar surface area (TPSA) is 76.7 Å². The number of carbonyl (C=O) groups excluding carboxylic acids is 2. The third-order valence-corrected chi connectivity index (χ3v) is 4.48. The first-order valence-corrected chi connectivity index (χ1v) is 8.90. The van der Waals surface area contributed by atoms with E-state index in [1.54, 1.807) is 18.2 Å². The van der Waals surface area contributed by atoms with Crippen molar-refractivity contribution in [2.45, 2.75) is 19.0 Å². The number of furan rings is 1. The van der Waals surface area contributed by atoms with Gasteiger partial charge in [-0.2, -0.15) is 13.2 Å². The number of hydrogen-bond acceptors (Lipinski definition) is 5. The molecule has 0 bridgehead atoms. The molecule has 1 N–H and O–H groups in total. The van der Waals surface area contributed by atoms with Gasteiger partial charge in [-0.1, -0.05) is 12.1 Å². The number of halogens is 3. The molecular formula is C22H17F3O5. The van der Waals surface area contributed by atoms with E-state index >= 15 is 0 Å². The molecule has 3 aromatic rings. The average Bonchev–Trinajstić information content (AvgIpc) is 3.20. The summed E-state index contributed by atoms with van der Waals surface area (Å²) in [6.45, 7) is 0. The Morgan fingerprint density at radius 2 is 1.73 bits per heavy atom. The normalized spacial score (nSPS) is 11.3. The molecule has 1 heterocycles. The van der Waals surface area contributed by atoms with Crippen LogP contribution in [0.15, 0.2) is 59.0 Å². The summed E-state index contributed by atoms with van der Waals surface area (Å²) in [7, 11) is 1.20. The monoisotopic (exact) mass is 418 g/mol. The van der Waals surface area contributed by atoms with E-state index in [9.17, 15) is 27.9 Å². The van der Waals surface area contributed by atoms with Gasteiger partial charge in [-0.25, -0.2) is 4.79 Å². The number of phenolic OH excluding ortho intramolecular Hbond substituents is 1. The molecule has 3 rings (SSSR count). The third-order valence-electron chi connectivity index (χ3n) is 4.48. The minimum Gasteiger partial charge on any atom is -0.507 e. The molecule has 0 aliphatic heterocycles. The van der Waals surface area contributed by atoms with E-state index in [-0.39, 0.29) is 35.5 Å². The van der Waals surface area contributed by atoms with Crippen molar-refractivity contribution >= 4 is 11.8 Å². The van der Waals surface area contributed by atoms with Crippen LogP contribution in [0.2, 0.25) is 0 Å². The van der Waals surface area contributed by atoms with Gasteiger partial charge in [-0.15, -0.1) is 0 Å². The van der Waals surface area contributed by atoms with Crippen LogP contribution in [-0.2, 0) is 17.3 Å². The first kappa shape index (κ1) is 21.2. The molecule has 156 valence electrons. The van der Waals surface area contributed by atoms with E-state index < -0.39 is 17.7 Å². The number of phenols is 1. The molecule has 2 aromatic carbocycles. The maximum Gasteiger partial charge on any atom is 0.416 e. The molecule has 0 atom stereocenters. The van der Waals surface area contributed by atoms with Gasteiger partial charge in [0.1, 0.15) is 22.8 Å². The molecule has 0 spiro atoms. The van der Waals surface area contributed by atoms with Crippen LogP contribution >= 0.6 is 0 Å². The Morgan fingerprint density at radius 3 is 2.37 bits per heavy atom. The summed E-state index contributed by atoms with van der Waals surface area (Å²) in [6, 6.07) is 11.7. The molecule has 0 saturated carbocycles. The van der Waals surface area contributed by atoms with E-state index in [1.165, 1.54) is 19.2 Å². The highest BCUT2D eigenvalue weighted by atomic mass is 19.4. The van der Waals surface area contributed by atoms with Crippen LogP contribution in [0.4, 0.5) is 13.2 Å². The zero-order valence-corrected chi connectivity index (χ0v) is 15.8. The van der Waals surface area contributed by atoms with Crippen LogP contribution in [0.1, 0.15) is 38.5 Å². The zero-order chi connectivity index (χ0) is 21.9. The van der Waals surface area contributed by atoms with Crippen LogP contribution < -0.4 is 0 Å². The fourth-order valence-corrected chi connectivity index (χ4v) is 2.86. The Hall–Kier alpha value is -3.55. The number of ketones is 1. The van der Waals surface area contributed by atoms with Crippen molar-refractivity contribution in [3.8, 4) is 17.1 Å². The van der Waals surface area contributed by atoms with Crippen LogP contribution in [0, 0.1) is 0 Å². The molecule has 1 aromatic heterocycles. The highest BCUT2D eigenvalue weighted by Crippen LogP contribution is 2.30. The zero-order valence-electron chi connectivity index (χ0n) is 15.8. The second-order valence-corrected chi connectivity index (χ2v) is 6.49. The minimum absolute atomic E-state index is 0.00886. The Labute approximate surface area is 169 Å². The number of hydrogen-bond donors (Lipinski definition) is 1. The van der Waals surface area contributed by atoms with Crippen molar-refractivity contribution < 1.29 is 37.0 Å². The number of esters is 1. The molecular weight excluding hydrogens is 401 g/mol. The van der Waals surface area contributed by atoms with Crippen LogP contribution in [0.5, 0.6) is 5.75 Å². The largest absolute Gasteiger partial charge is 0.507 e. The number of aryl methyl sites for hydroxylation is 1. The number of ether oxygens (including phenoxy) is 1. The lowest BCUT2D eigenvalue weighted by Crippen LogP contribution is -2.06. The molecule has 0 amide bonds. The summed E-state index contributed by atoms with van der Waals surface area (Å²) >= 11 is 0. The summed E-state index contributed by atoms with van der Waals surface area (Å²) in [4.78, 5) is 23.9. The van der Waals surface area contributed by atoms with Gasteiger partial charge >= 0.3 is 12.1 Å². The predicted octanol–water partition coefficient (Wildman–Crippen LogP) is 5.27. The summed E-state index contributed by atoms with van der Waals surface area (Å²) in [5.74, 6) is -0.294. The van der Waals surface area contributed by atoms with Gasteiger partial charge < -0.3 is 14.3 Å². The van der Waals surface area contributed by atoms with Gasteiger partial charge in [0.05, 0.1) is 12.7 Å². The summed E-state index contributed by atoms with van der Waals surface area (Å²) in [5, 5.41) is 9.77. The lowest BCUT2D eigenvalue weighted by Gasteiger charge is -2.07. The van der Waals surface area contributed by atoms with Gasteiger partial charge in [0.25, 0.3) is 0 Å². The van der Waals surface area contributed by atoms with Crippen molar-refractivity contribution in [3.05, 3.63) is 77.0 Å². The number of aromatic hydroxyl groups is 1. The number of carbonyl (C=O) groups is 2. The van der Waals surface area contributed by atoms with Gasteiger partial charge in [0.15, 0.2) is 5.78 Å². The van der Waals surface area contributed by atoms with Crippen molar-refractivity contribution in [2.24, 2.45) is 0 Å². The number of alkyl halides is 3. The van der Waals surface area contributed by atoms with Crippen molar-refractivity contribution in [1.82, 2.24) is 0 Å². The number of methoxy groups -OCH3 is 1. The SMILES string of the molecule is COC(=O)c1cc(-c2ccc(CCC(=O)c3ccc(C(F)(F)F)cc3)o2)ccc1O. The van der Waals surface area contributed by atoms with E-state index in [0.717, 1.165) is 24.3 Å². The minimum atomic E-state index is -4.45. The Balaban J connectivity index is 1.67. The molecule has 0 unspecified atom stereocenters. The number of benzene rings is 2. The summed E-state index contributed by atoms with van der Waals surface area (Å²) in [6.07, 6.45) is -4.14. The van der Waals surface area contributed by atoms with E-state index in [2.05, 4.69) is 4.74 Å². The van der Waals surface area contributed by atoms with Gasteiger partial charge in [-0.3, -0.25) is 4.79 Å². The fourth-order valence-electron chi connectivity index (χ4n) is 2.86. The van der Waals surface area contributed by atoms with Crippen molar-refractivity contribution in [2.75, 3.05) is 7.11 Å². The van der Waals surface area contributed by atoms with Crippen LogP contribution in [0.3, 0.4) is 0 Å². The molecule has 30 heavy (non-hydrogen) atoms. The Morgan fingerprint density at radius 1 is 1.03 bits per heavy atom. The number of Topliss-reactive ketones (excluding diaryl/α,β-unsaturated/α-hetero) is 1. The predicted molar refractivity (Wildman–Crippen MR) is 101 cm³/mol. The van der Waals surface area contributed by atoms with E-state index in [4.69, 9.17) is 4.42 Å². The molecule has 0 fully saturated rings. The van der Waals surface area contributed by atoms with E-state index in [1.807, 2.05) is 0 Å². The highest BCUT2D eigenvalue weighted by molar-refractivity contribution is 5.96. The lowest BCUT2D eigenvalue weighted by molar-refractivity contribution is -0.137. The molecule has 0 aliphatic rings. The van der Waals surface area contributed by atoms with E-state index in [0.29, 0.717) is 17.1 Å². The molecule has 8 heteroatoms. The van der Waals surface area contributed by atoms with Gasteiger partial charge in [0, 0.05) is 24.0 Å². The van der Waals surface area contributed by atoms with Crippen LogP contribution in [0.25, 0.3) is 11.3 Å². The summed E-state index contributed by atoms with van der Waals surface area (Å²) in [5.41, 5.74) is -0.0927. The highest BCUT2D eigenvalue weighted by Gasteiger charge is 2.30. The first-order chi connectivity index (χ1) is 14.2. The molecule has 0 radical (unpaired) electrons. The average molecular weight is 418 g/mol. The maximum absolute atomic E-state index is 12.6. The third kappa shape index (κ3) is 4.71. The fraction of sp³-hybridized carbons (Fsp3) is 0.182. The quantitative estimate of drug-likeness (QED) is 0.436. The standard InChI is InChI=1S/C22H17F3O5/c1-29-21(28)17-12-14(4-9-19(17)27)20-11-8-16(30-20)7-10-18(26)13-2-5-15(6-3-13)22(23,24)25/h2-6,8-9,11-12,27H,7,10H2,1H3. The first-order valence-electron chi connectivity index (χ1n) is 8.90. The molecule has 0 saturated heterocycles. The second kappa shape index (κ2) is 8.44. The lowest BCUT2D eigenvalue weighted by atomic mass is 10.0.